The van der Waals surface area contributed by atoms with Crippen molar-refractivity contribution < 1.29 is 22.3 Å². The number of Topliss-reactive ketones (excluding diaryl/α,β-unsaturated/α-hetero) is 1. The molecule has 0 aliphatic heterocycles. The summed E-state index contributed by atoms with van der Waals surface area (Å²) in [5.74, 6) is 1.04. The second-order valence-corrected chi connectivity index (χ2v) is 9.39. The molecule has 1 aromatic heterocycles. The third-order valence-electron chi connectivity index (χ3n) is 6.30. The number of hydrogen-bond acceptors (Lipinski definition) is 4. The van der Waals surface area contributed by atoms with Crippen molar-refractivity contribution in [2.45, 2.75) is 59.3 Å². The Morgan fingerprint density at radius 1 is 1.40 bits per heavy atom. The lowest BCUT2D eigenvalue weighted by atomic mass is 9.70. The Kier molecular flexibility index (Phi) is 5.78. The average Bonchev–Trinajstić information content (AvgIpc) is 3.06. The summed E-state index contributed by atoms with van der Waals surface area (Å²) in [4.78, 5) is 15.1. The first kappa shape index (κ1) is 20.1. The number of carbonyl (C=O) groups excluding carboxylic acids is 1. The number of imidazole rings is 1. The number of H-pyrrole nitrogens is 1. The predicted molar refractivity (Wildman–Crippen MR) is 93.7 cm³/mol. The van der Waals surface area contributed by atoms with Gasteiger partial charge in [-0.2, -0.15) is 0 Å². The maximum Gasteiger partial charge on any atom is 0.253 e. The lowest BCUT2D eigenvalue weighted by molar-refractivity contribution is -0.677. The van der Waals surface area contributed by atoms with Crippen LogP contribution in [0.5, 0.6) is 0 Å². The van der Waals surface area contributed by atoms with E-state index in [1.54, 1.807) is 0 Å². The summed E-state index contributed by atoms with van der Waals surface area (Å²) < 4.78 is 34.8. The molecule has 0 spiro atoms. The molecule has 0 radical (unpaired) electrons. The Bertz CT molecular complexity index is 723. The van der Waals surface area contributed by atoms with Crippen molar-refractivity contribution in [1.29, 1.82) is 0 Å². The van der Waals surface area contributed by atoms with Gasteiger partial charge in [0.05, 0.1) is 22.9 Å². The Morgan fingerprint density at radius 2 is 2.08 bits per heavy atom. The number of nitrogens with zero attached hydrogens (tertiary/aromatic N) is 1. The quantitative estimate of drug-likeness (QED) is 0.634. The van der Waals surface area contributed by atoms with Gasteiger partial charge in [-0.15, -0.1) is 0 Å². The van der Waals surface area contributed by atoms with Crippen molar-refractivity contribution in [3.63, 3.8) is 0 Å². The van der Waals surface area contributed by atoms with Crippen LogP contribution in [-0.4, -0.2) is 29.5 Å². The number of nitrogens with one attached hydrogen (secondary N) is 1. The number of hydrogen-bond donors (Lipinski definition) is 1. The van der Waals surface area contributed by atoms with Gasteiger partial charge >= 0.3 is 0 Å². The highest BCUT2D eigenvalue weighted by atomic mass is 32.2. The van der Waals surface area contributed by atoms with E-state index in [4.69, 9.17) is 0 Å². The number of ketones is 1. The molecule has 25 heavy (non-hydrogen) atoms. The number of fused-ring (bicyclic) bond motifs is 2. The van der Waals surface area contributed by atoms with Crippen LogP contribution in [0.15, 0.2) is 12.4 Å². The van der Waals surface area contributed by atoms with Gasteiger partial charge in [0.1, 0.15) is 18.2 Å². The molecule has 2 unspecified atom stereocenters. The summed E-state index contributed by atoms with van der Waals surface area (Å²) in [6.07, 6.45) is 9.60. The zero-order chi connectivity index (χ0) is 18.9. The Balaban J connectivity index is 0.000000196. The molecule has 2 fully saturated rings. The molecule has 2 aliphatic rings. The fraction of sp³-hybridized carbons (Fsp3) is 0.778. The summed E-state index contributed by atoms with van der Waals surface area (Å²) in [6, 6.07) is 0. The van der Waals surface area contributed by atoms with Gasteiger partial charge < -0.3 is 4.55 Å². The van der Waals surface area contributed by atoms with E-state index in [1.165, 1.54) is 25.1 Å². The molecule has 142 valence electrons. The van der Waals surface area contributed by atoms with E-state index in [0.29, 0.717) is 12.8 Å². The lowest BCUT2D eigenvalue weighted by Gasteiger charge is -2.37. The average molecular weight is 371 g/mol. The first-order valence-corrected chi connectivity index (χ1v) is 10.6. The van der Waals surface area contributed by atoms with E-state index < -0.39 is 21.3 Å². The third kappa shape index (κ3) is 3.97. The van der Waals surface area contributed by atoms with E-state index >= 15 is 0 Å². The van der Waals surface area contributed by atoms with Crippen LogP contribution < -0.4 is 4.57 Å². The highest BCUT2D eigenvalue weighted by Crippen LogP contribution is 2.64. The smallest absolute Gasteiger partial charge is 0.253 e. The molecular formula is C18H30N2O4S. The fourth-order valence-electron chi connectivity index (χ4n) is 4.44. The fourth-order valence-corrected chi connectivity index (χ4v) is 5.72. The molecule has 1 heterocycles. The van der Waals surface area contributed by atoms with Gasteiger partial charge in [0, 0.05) is 18.3 Å². The molecule has 1 N–H and O–H groups in total. The van der Waals surface area contributed by atoms with Crippen LogP contribution in [0.3, 0.4) is 0 Å². The molecule has 2 bridgehead atoms. The van der Waals surface area contributed by atoms with Crippen LogP contribution in [0.25, 0.3) is 0 Å². The standard InChI is InChI=1S/C10H16O4S.C8H14N2/c1-9(2)7-3-4-10(9,8(11)5-7)6-15(12,13)14;1-3-4-5-8-9-6-7-10(8)2/h7H,3-6H2,1-2H3,(H,12,13,14);6-7H,3-5H2,1-2H3. The molecule has 1 aromatic rings. The van der Waals surface area contributed by atoms with Crippen molar-refractivity contribution in [1.82, 2.24) is 4.98 Å². The van der Waals surface area contributed by atoms with E-state index in [0.717, 1.165) is 6.42 Å². The molecule has 2 aliphatic carbocycles. The van der Waals surface area contributed by atoms with Crippen LogP contribution in [0, 0.1) is 16.7 Å². The van der Waals surface area contributed by atoms with E-state index in [-0.39, 0.29) is 17.1 Å². The van der Waals surface area contributed by atoms with Gasteiger partial charge in [0.2, 0.25) is 0 Å². The monoisotopic (exact) mass is 370 g/mol. The SMILES string of the molecule is CC1(C)C2CCC1(CS(=O)(=O)[O-])C(=O)C2.CCCCc1[nH]cc[n+]1C. The van der Waals surface area contributed by atoms with Gasteiger partial charge in [0.15, 0.2) is 0 Å². The summed E-state index contributed by atoms with van der Waals surface area (Å²) in [7, 11) is -2.26. The van der Waals surface area contributed by atoms with Crippen LogP contribution >= 0.6 is 0 Å². The van der Waals surface area contributed by atoms with Gasteiger partial charge in [-0.05, 0) is 30.6 Å². The zero-order valence-corrected chi connectivity index (χ0v) is 16.5. The normalized spacial score (nSPS) is 27.2. The van der Waals surface area contributed by atoms with Crippen LogP contribution in [0.1, 0.15) is 58.7 Å². The Morgan fingerprint density at radius 3 is 2.48 bits per heavy atom. The summed E-state index contributed by atoms with van der Waals surface area (Å²) in [5, 5.41) is 0. The van der Waals surface area contributed by atoms with Crippen molar-refractivity contribution >= 4 is 15.9 Å². The highest BCUT2D eigenvalue weighted by molar-refractivity contribution is 7.85. The number of aryl methyl sites for hydroxylation is 2. The first-order chi connectivity index (χ1) is 11.5. The number of rotatable bonds is 5. The molecule has 2 atom stereocenters. The number of aromatic nitrogens is 2. The predicted octanol–water partition coefficient (Wildman–Crippen LogP) is 2.11. The molecule has 0 aromatic carbocycles. The minimum absolute atomic E-state index is 0.0248. The topological polar surface area (TPSA) is 93.9 Å². The lowest BCUT2D eigenvalue weighted by Crippen LogP contribution is -2.42. The van der Waals surface area contributed by atoms with Crippen molar-refractivity contribution in [3.05, 3.63) is 18.2 Å². The zero-order valence-electron chi connectivity index (χ0n) is 15.7. The molecule has 7 heteroatoms. The largest absolute Gasteiger partial charge is 0.748 e. The van der Waals surface area contributed by atoms with Gasteiger partial charge in [-0.25, -0.2) is 18.0 Å². The van der Waals surface area contributed by atoms with E-state index in [9.17, 15) is 17.8 Å². The summed E-state index contributed by atoms with van der Waals surface area (Å²) in [5.41, 5.74) is -1.22. The maximum atomic E-state index is 11.8. The van der Waals surface area contributed by atoms with Gasteiger partial charge in [-0.1, -0.05) is 27.2 Å². The van der Waals surface area contributed by atoms with Crippen LogP contribution in [-0.2, 0) is 28.4 Å². The molecule has 3 rings (SSSR count). The number of carbonyl (C=O) groups is 1. The first-order valence-electron chi connectivity index (χ1n) is 9.02. The van der Waals surface area contributed by atoms with Gasteiger partial charge in [-0.3, -0.25) is 4.79 Å². The summed E-state index contributed by atoms with van der Waals surface area (Å²) >= 11 is 0. The molecule has 2 saturated carbocycles. The highest BCUT2D eigenvalue weighted by Gasteiger charge is 2.64. The second kappa shape index (κ2) is 7.19. The summed E-state index contributed by atoms with van der Waals surface area (Å²) in [6.45, 7) is 6.05. The van der Waals surface area contributed by atoms with Gasteiger partial charge in [0.25, 0.3) is 5.82 Å². The molecular weight excluding hydrogens is 340 g/mol. The number of unbranched alkanes of at least 4 members (excludes halogenated alkanes) is 1. The van der Waals surface area contributed by atoms with E-state index in [1.807, 2.05) is 26.2 Å². The number of aromatic amines is 1. The minimum Gasteiger partial charge on any atom is -0.748 e. The minimum atomic E-state index is -4.33. The van der Waals surface area contributed by atoms with E-state index in [2.05, 4.69) is 23.5 Å². The van der Waals surface area contributed by atoms with Crippen molar-refractivity contribution in [2.75, 3.05) is 5.75 Å². The third-order valence-corrected chi connectivity index (χ3v) is 7.15. The Hall–Kier alpha value is -1.21. The molecule has 0 amide bonds. The van der Waals surface area contributed by atoms with Crippen LogP contribution in [0.2, 0.25) is 0 Å². The second-order valence-electron chi connectivity index (χ2n) is 7.99. The van der Waals surface area contributed by atoms with Crippen molar-refractivity contribution in [3.8, 4) is 0 Å². The Labute approximate surface area is 150 Å². The molecule has 6 nitrogen and oxygen atoms in total. The molecule has 0 saturated heterocycles. The van der Waals surface area contributed by atoms with Crippen molar-refractivity contribution in [2.24, 2.45) is 23.8 Å². The maximum absolute atomic E-state index is 11.8. The van der Waals surface area contributed by atoms with Crippen LogP contribution in [0.4, 0.5) is 0 Å².